The Bertz CT molecular complexity index is 670. The van der Waals surface area contributed by atoms with Gasteiger partial charge in [0, 0.05) is 30.6 Å². The van der Waals surface area contributed by atoms with Crippen LogP contribution in [0.4, 0.5) is 11.4 Å². The number of aromatic nitrogens is 1. The summed E-state index contributed by atoms with van der Waals surface area (Å²) in [6, 6.07) is 10.2. The van der Waals surface area contributed by atoms with Crippen LogP contribution >= 0.6 is 0 Å². The Morgan fingerprint density at radius 1 is 1.45 bits per heavy atom. The van der Waals surface area contributed by atoms with Gasteiger partial charge in [-0.25, -0.2) is 0 Å². The molecule has 0 bridgehead atoms. The third kappa shape index (κ3) is 2.78. The zero-order valence-corrected chi connectivity index (χ0v) is 11.0. The van der Waals surface area contributed by atoms with Gasteiger partial charge < -0.3 is 9.88 Å². The molecule has 0 saturated heterocycles. The quantitative estimate of drug-likeness (QED) is 0.668. The van der Waals surface area contributed by atoms with Crippen molar-refractivity contribution in [3.63, 3.8) is 0 Å². The van der Waals surface area contributed by atoms with Crippen molar-refractivity contribution < 1.29 is 4.92 Å². The Kier molecular flexibility index (Phi) is 4.01. The van der Waals surface area contributed by atoms with E-state index in [0.29, 0.717) is 12.2 Å². The Balaban J connectivity index is 2.18. The molecule has 6 nitrogen and oxygen atoms in total. The fourth-order valence-electron chi connectivity index (χ4n) is 2.00. The number of nitrogens with one attached hydrogen (secondary N) is 1. The number of aryl methyl sites for hydroxylation is 1. The van der Waals surface area contributed by atoms with Gasteiger partial charge in [0.25, 0.3) is 5.69 Å². The number of nitriles is 1. The molecule has 0 aliphatic heterocycles. The first kappa shape index (κ1) is 13.6. The maximum absolute atomic E-state index is 10.7. The van der Waals surface area contributed by atoms with Crippen LogP contribution in [0.15, 0.2) is 36.5 Å². The highest BCUT2D eigenvalue weighted by Crippen LogP contribution is 2.22. The Labute approximate surface area is 116 Å². The molecule has 102 valence electrons. The minimum absolute atomic E-state index is 0.0796. The van der Waals surface area contributed by atoms with E-state index >= 15 is 0 Å². The molecule has 0 saturated carbocycles. The van der Waals surface area contributed by atoms with E-state index in [2.05, 4.69) is 16.8 Å². The molecular formula is C14H14N4O2. The fraction of sp³-hybridized carbons (Fsp3) is 0.214. The SMILES string of the molecule is CCn1cccc1CNc1ccc([N+](=O)[O-])cc1C#N. The van der Waals surface area contributed by atoms with E-state index in [-0.39, 0.29) is 11.3 Å². The molecule has 0 aliphatic carbocycles. The molecule has 1 N–H and O–H groups in total. The highest BCUT2D eigenvalue weighted by molar-refractivity contribution is 5.61. The van der Waals surface area contributed by atoms with Crippen LogP contribution in [0, 0.1) is 21.4 Å². The summed E-state index contributed by atoms with van der Waals surface area (Å²) in [7, 11) is 0. The minimum atomic E-state index is -0.507. The number of hydrogen-bond acceptors (Lipinski definition) is 4. The van der Waals surface area contributed by atoms with Crippen molar-refractivity contribution in [3.05, 3.63) is 57.9 Å². The number of anilines is 1. The molecule has 0 spiro atoms. The number of non-ortho nitro benzene ring substituents is 1. The van der Waals surface area contributed by atoms with Crippen LogP contribution in [0.25, 0.3) is 0 Å². The van der Waals surface area contributed by atoms with Crippen molar-refractivity contribution in [2.24, 2.45) is 0 Å². The van der Waals surface area contributed by atoms with Gasteiger partial charge in [0.2, 0.25) is 0 Å². The summed E-state index contributed by atoms with van der Waals surface area (Å²) in [4.78, 5) is 10.2. The van der Waals surface area contributed by atoms with Crippen LogP contribution in [0.3, 0.4) is 0 Å². The standard InChI is InChI=1S/C14H14N4O2/c1-2-17-7-3-4-13(17)10-16-14-6-5-12(18(19)20)8-11(14)9-15/h3-8,16H,2,10H2,1H3. The van der Waals surface area contributed by atoms with Crippen LogP contribution < -0.4 is 5.32 Å². The van der Waals surface area contributed by atoms with Gasteiger partial charge in [-0.05, 0) is 25.1 Å². The van der Waals surface area contributed by atoms with Gasteiger partial charge in [-0.3, -0.25) is 10.1 Å². The van der Waals surface area contributed by atoms with E-state index < -0.39 is 4.92 Å². The van der Waals surface area contributed by atoms with E-state index in [0.717, 1.165) is 12.2 Å². The first-order valence-electron chi connectivity index (χ1n) is 6.22. The predicted molar refractivity (Wildman–Crippen MR) is 75.2 cm³/mol. The maximum Gasteiger partial charge on any atom is 0.270 e. The van der Waals surface area contributed by atoms with Crippen molar-refractivity contribution in [1.82, 2.24) is 4.57 Å². The lowest BCUT2D eigenvalue weighted by atomic mass is 10.1. The second-order valence-electron chi connectivity index (χ2n) is 4.24. The van der Waals surface area contributed by atoms with E-state index in [1.54, 1.807) is 6.07 Å². The molecule has 6 heteroatoms. The first-order valence-corrected chi connectivity index (χ1v) is 6.22. The molecular weight excluding hydrogens is 256 g/mol. The topological polar surface area (TPSA) is 83.9 Å². The third-order valence-corrected chi connectivity index (χ3v) is 3.06. The smallest absolute Gasteiger partial charge is 0.270 e. The molecule has 1 heterocycles. The van der Waals surface area contributed by atoms with E-state index in [9.17, 15) is 10.1 Å². The lowest BCUT2D eigenvalue weighted by Gasteiger charge is -2.10. The Morgan fingerprint density at radius 3 is 2.90 bits per heavy atom. The third-order valence-electron chi connectivity index (χ3n) is 3.06. The molecule has 0 unspecified atom stereocenters. The van der Waals surface area contributed by atoms with E-state index in [1.165, 1.54) is 12.1 Å². The van der Waals surface area contributed by atoms with E-state index in [1.807, 2.05) is 24.4 Å². The van der Waals surface area contributed by atoms with E-state index in [4.69, 9.17) is 5.26 Å². The highest BCUT2D eigenvalue weighted by Gasteiger charge is 2.10. The average Bonchev–Trinajstić information content (AvgIpc) is 2.92. The number of rotatable bonds is 5. The van der Waals surface area contributed by atoms with Gasteiger partial charge in [0.15, 0.2) is 0 Å². The second-order valence-corrected chi connectivity index (χ2v) is 4.24. The van der Waals surface area contributed by atoms with Gasteiger partial charge in [0.05, 0.1) is 22.7 Å². The summed E-state index contributed by atoms with van der Waals surface area (Å²) in [6.07, 6.45) is 1.98. The van der Waals surface area contributed by atoms with Crippen molar-refractivity contribution >= 4 is 11.4 Å². The largest absolute Gasteiger partial charge is 0.378 e. The Morgan fingerprint density at radius 2 is 2.25 bits per heavy atom. The summed E-state index contributed by atoms with van der Waals surface area (Å²) < 4.78 is 2.09. The first-order chi connectivity index (χ1) is 9.65. The number of hydrogen-bond donors (Lipinski definition) is 1. The van der Waals surface area contributed by atoms with Gasteiger partial charge in [-0.1, -0.05) is 0 Å². The second kappa shape index (κ2) is 5.89. The number of nitro benzene ring substituents is 1. The van der Waals surface area contributed by atoms with Crippen molar-refractivity contribution in [2.45, 2.75) is 20.0 Å². The summed E-state index contributed by atoms with van der Waals surface area (Å²) in [5.74, 6) is 0. The molecule has 0 atom stereocenters. The lowest BCUT2D eigenvalue weighted by Crippen LogP contribution is -2.07. The monoisotopic (exact) mass is 270 g/mol. The molecule has 0 fully saturated rings. The number of nitro groups is 1. The molecule has 20 heavy (non-hydrogen) atoms. The van der Waals surface area contributed by atoms with Crippen LogP contribution in [0.2, 0.25) is 0 Å². The zero-order chi connectivity index (χ0) is 14.5. The van der Waals surface area contributed by atoms with Gasteiger partial charge >= 0.3 is 0 Å². The van der Waals surface area contributed by atoms with Crippen molar-refractivity contribution in [3.8, 4) is 6.07 Å². The van der Waals surface area contributed by atoms with Crippen molar-refractivity contribution in [2.75, 3.05) is 5.32 Å². The highest BCUT2D eigenvalue weighted by atomic mass is 16.6. The average molecular weight is 270 g/mol. The zero-order valence-electron chi connectivity index (χ0n) is 11.0. The maximum atomic E-state index is 10.7. The van der Waals surface area contributed by atoms with Crippen molar-refractivity contribution in [1.29, 1.82) is 5.26 Å². The predicted octanol–water partition coefficient (Wildman–Crippen LogP) is 2.90. The molecule has 1 aromatic heterocycles. The lowest BCUT2D eigenvalue weighted by molar-refractivity contribution is -0.384. The molecule has 2 rings (SSSR count). The van der Waals surface area contributed by atoms with Gasteiger partial charge in [-0.15, -0.1) is 0 Å². The summed E-state index contributed by atoms with van der Waals surface area (Å²) in [5, 5.41) is 22.9. The van der Waals surface area contributed by atoms with Gasteiger partial charge in [-0.2, -0.15) is 5.26 Å². The summed E-state index contributed by atoms with van der Waals surface area (Å²) in [6.45, 7) is 3.48. The van der Waals surface area contributed by atoms with Crippen LogP contribution in [0.5, 0.6) is 0 Å². The molecule has 0 aliphatic rings. The molecule has 0 radical (unpaired) electrons. The Hall–Kier alpha value is -2.81. The molecule has 1 aromatic carbocycles. The minimum Gasteiger partial charge on any atom is -0.378 e. The number of benzene rings is 1. The fourth-order valence-corrected chi connectivity index (χ4v) is 2.00. The molecule has 2 aromatic rings. The van der Waals surface area contributed by atoms with Crippen LogP contribution in [-0.2, 0) is 13.1 Å². The normalized spacial score (nSPS) is 10.0. The summed E-state index contributed by atoms with van der Waals surface area (Å²) in [5.41, 5.74) is 1.88. The van der Waals surface area contributed by atoms with Gasteiger partial charge in [0.1, 0.15) is 6.07 Å². The summed E-state index contributed by atoms with van der Waals surface area (Å²) >= 11 is 0. The van der Waals surface area contributed by atoms with Crippen LogP contribution in [-0.4, -0.2) is 9.49 Å². The van der Waals surface area contributed by atoms with Crippen LogP contribution in [0.1, 0.15) is 18.2 Å². The molecule has 0 amide bonds. The number of nitrogens with zero attached hydrogens (tertiary/aromatic N) is 3.